The maximum absolute atomic E-state index is 12.7. The Labute approximate surface area is 206 Å². The van der Waals surface area contributed by atoms with Crippen LogP contribution in [0.25, 0.3) is 27.8 Å². The van der Waals surface area contributed by atoms with Crippen molar-refractivity contribution in [2.24, 2.45) is 0 Å². The molecule has 0 radical (unpaired) electrons. The summed E-state index contributed by atoms with van der Waals surface area (Å²) in [7, 11) is 0. The highest BCUT2D eigenvalue weighted by Crippen LogP contribution is 2.34. The van der Waals surface area contributed by atoms with E-state index in [1.54, 1.807) is 0 Å². The average molecular weight is 468 g/mol. The van der Waals surface area contributed by atoms with Crippen molar-refractivity contribution in [3.63, 3.8) is 0 Å². The van der Waals surface area contributed by atoms with Crippen LogP contribution in [0.3, 0.4) is 0 Å². The normalized spacial score (nSPS) is 16.0. The van der Waals surface area contributed by atoms with E-state index in [-0.39, 0.29) is 5.91 Å². The van der Waals surface area contributed by atoms with E-state index in [9.17, 15) is 4.79 Å². The molecule has 3 aromatic heterocycles. The summed E-state index contributed by atoms with van der Waals surface area (Å²) in [5.41, 5.74) is 6.24. The van der Waals surface area contributed by atoms with Gasteiger partial charge in [-0.15, -0.1) is 0 Å². The fraction of sp³-hybridized carbons (Fsp3) is 0.345. The summed E-state index contributed by atoms with van der Waals surface area (Å²) in [5.74, 6) is 1.61. The summed E-state index contributed by atoms with van der Waals surface area (Å²) < 4.78 is 2.21. The van der Waals surface area contributed by atoms with Gasteiger partial charge in [-0.1, -0.05) is 50.3 Å². The summed E-state index contributed by atoms with van der Waals surface area (Å²) in [6.45, 7) is 7.60. The number of fused-ring (bicyclic) bond motifs is 2. The fourth-order valence-corrected chi connectivity index (χ4v) is 5.21. The molecule has 35 heavy (non-hydrogen) atoms. The predicted octanol–water partition coefficient (Wildman–Crippen LogP) is 6.19. The number of hydrogen-bond donors (Lipinski definition) is 1. The lowest BCUT2D eigenvalue weighted by Crippen LogP contribution is -2.38. The number of aryl methyl sites for hydroxylation is 1. The number of amides is 1. The third-order valence-electron chi connectivity index (χ3n) is 6.97. The maximum atomic E-state index is 12.7. The van der Waals surface area contributed by atoms with E-state index >= 15 is 0 Å². The Morgan fingerprint density at radius 2 is 1.97 bits per heavy atom. The number of piperidine rings is 1. The standard InChI is InChI=1S/C27H27N5O.C2H6/c1-18-26-25(23-17-21-8-4-5-9-22(21)29-23)30-27(32(26)15-12-28-18)20-10-13-31(14-11-20)24(33)16-19-6-2-3-7-19;1-2/h2,4-9,12,15,17,20,29H,3,10-11,13-14,16H2,1H3;1-2H3. The SMILES string of the molecule is CC.Cc1nccn2c(C3CCN(C(=O)CC4=CCC=C4)CC3)nc(-c3cc4ccccc4[nH]3)c12. The van der Waals surface area contributed by atoms with Gasteiger partial charge in [-0.3, -0.25) is 14.2 Å². The largest absolute Gasteiger partial charge is 0.353 e. The van der Waals surface area contributed by atoms with E-state index in [1.807, 2.05) is 44.1 Å². The quantitative estimate of drug-likeness (QED) is 0.389. The van der Waals surface area contributed by atoms with Gasteiger partial charge in [-0.05, 0) is 43.9 Å². The second kappa shape index (κ2) is 9.90. The second-order valence-electron chi connectivity index (χ2n) is 9.07. The number of aromatic amines is 1. The highest BCUT2D eigenvalue weighted by Gasteiger charge is 2.28. The van der Waals surface area contributed by atoms with Crippen molar-refractivity contribution >= 4 is 22.3 Å². The summed E-state index contributed by atoms with van der Waals surface area (Å²) in [6.07, 6.45) is 13.5. The van der Waals surface area contributed by atoms with E-state index in [4.69, 9.17) is 4.98 Å². The van der Waals surface area contributed by atoms with Crippen molar-refractivity contribution in [1.29, 1.82) is 0 Å². The molecule has 0 unspecified atom stereocenters. The molecule has 180 valence electrons. The first kappa shape index (κ1) is 23.1. The van der Waals surface area contributed by atoms with Crippen LogP contribution in [0, 0.1) is 6.92 Å². The van der Waals surface area contributed by atoms with E-state index in [1.165, 1.54) is 5.39 Å². The minimum absolute atomic E-state index is 0.234. The molecular formula is C29H33N5O. The van der Waals surface area contributed by atoms with Crippen LogP contribution in [0.4, 0.5) is 0 Å². The zero-order valence-electron chi connectivity index (χ0n) is 20.8. The van der Waals surface area contributed by atoms with Crippen LogP contribution in [0.2, 0.25) is 0 Å². The van der Waals surface area contributed by atoms with Crippen LogP contribution in [-0.2, 0) is 4.79 Å². The van der Waals surface area contributed by atoms with Crippen LogP contribution in [-0.4, -0.2) is 43.2 Å². The van der Waals surface area contributed by atoms with Gasteiger partial charge in [-0.25, -0.2) is 4.98 Å². The number of carbonyl (C=O) groups is 1. The van der Waals surface area contributed by atoms with Gasteiger partial charge in [0.2, 0.25) is 5.91 Å². The highest BCUT2D eigenvalue weighted by molar-refractivity contribution is 5.89. The number of allylic oxidation sites excluding steroid dienone is 3. The molecule has 1 aliphatic heterocycles. The number of H-pyrrole nitrogens is 1. The first-order valence-corrected chi connectivity index (χ1v) is 12.7. The molecule has 2 aliphatic rings. The summed E-state index contributed by atoms with van der Waals surface area (Å²) >= 11 is 0. The number of imidazole rings is 1. The number of nitrogens with zero attached hydrogens (tertiary/aromatic N) is 4. The molecule has 4 aromatic rings. The topological polar surface area (TPSA) is 66.3 Å². The maximum Gasteiger partial charge on any atom is 0.226 e. The van der Waals surface area contributed by atoms with Gasteiger partial charge < -0.3 is 9.88 Å². The van der Waals surface area contributed by atoms with Crippen molar-refractivity contribution < 1.29 is 4.79 Å². The molecule has 1 amide bonds. The third kappa shape index (κ3) is 4.41. The molecule has 6 heteroatoms. The van der Waals surface area contributed by atoms with Crippen LogP contribution >= 0.6 is 0 Å². The number of aromatic nitrogens is 4. The molecule has 6 rings (SSSR count). The van der Waals surface area contributed by atoms with E-state index in [0.717, 1.165) is 71.9 Å². The Morgan fingerprint density at radius 3 is 2.71 bits per heavy atom. The average Bonchev–Trinajstić information content (AvgIpc) is 3.64. The monoisotopic (exact) mass is 467 g/mol. The zero-order chi connectivity index (χ0) is 24.4. The molecule has 1 aromatic carbocycles. The molecule has 0 spiro atoms. The fourth-order valence-electron chi connectivity index (χ4n) is 5.21. The molecule has 0 bridgehead atoms. The van der Waals surface area contributed by atoms with E-state index in [2.05, 4.69) is 56.9 Å². The van der Waals surface area contributed by atoms with Crippen LogP contribution < -0.4 is 0 Å². The lowest BCUT2D eigenvalue weighted by molar-refractivity contribution is -0.131. The minimum Gasteiger partial charge on any atom is -0.353 e. The molecule has 1 fully saturated rings. The number of para-hydroxylation sites is 1. The Balaban J connectivity index is 0.00000124. The van der Waals surface area contributed by atoms with Crippen LogP contribution in [0.15, 0.2) is 66.5 Å². The van der Waals surface area contributed by atoms with Gasteiger partial charge in [0.25, 0.3) is 0 Å². The lowest BCUT2D eigenvalue weighted by Gasteiger charge is -2.31. The van der Waals surface area contributed by atoms with Crippen molar-refractivity contribution in [3.8, 4) is 11.4 Å². The van der Waals surface area contributed by atoms with E-state index in [0.29, 0.717) is 12.3 Å². The molecule has 1 saturated heterocycles. The Hall–Kier alpha value is -3.67. The predicted molar refractivity (Wildman–Crippen MR) is 141 cm³/mol. The van der Waals surface area contributed by atoms with Gasteiger partial charge in [0.15, 0.2) is 0 Å². The molecular weight excluding hydrogens is 434 g/mol. The Morgan fingerprint density at radius 1 is 1.17 bits per heavy atom. The van der Waals surface area contributed by atoms with Crippen LogP contribution in [0.5, 0.6) is 0 Å². The summed E-state index contributed by atoms with van der Waals surface area (Å²) in [5, 5.41) is 1.18. The van der Waals surface area contributed by atoms with Gasteiger partial charge in [0, 0.05) is 42.3 Å². The summed E-state index contributed by atoms with van der Waals surface area (Å²) in [4.78, 5) is 28.0. The number of hydrogen-bond acceptors (Lipinski definition) is 3. The molecule has 0 atom stereocenters. The van der Waals surface area contributed by atoms with Crippen molar-refractivity contribution in [2.75, 3.05) is 13.1 Å². The first-order valence-electron chi connectivity index (χ1n) is 12.7. The zero-order valence-corrected chi connectivity index (χ0v) is 20.8. The van der Waals surface area contributed by atoms with Crippen molar-refractivity contribution in [3.05, 3.63) is 78.0 Å². The van der Waals surface area contributed by atoms with Crippen molar-refractivity contribution in [2.45, 2.75) is 52.4 Å². The molecule has 0 saturated carbocycles. The number of benzene rings is 1. The van der Waals surface area contributed by atoms with Crippen LogP contribution in [0.1, 0.15) is 57.0 Å². The van der Waals surface area contributed by atoms with E-state index < -0.39 is 0 Å². The van der Waals surface area contributed by atoms with Gasteiger partial charge >= 0.3 is 0 Å². The molecule has 1 aliphatic carbocycles. The first-order chi connectivity index (χ1) is 17.2. The smallest absolute Gasteiger partial charge is 0.226 e. The van der Waals surface area contributed by atoms with Crippen molar-refractivity contribution in [1.82, 2.24) is 24.3 Å². The molecule has 6 nitrogen and oxygen atoms in total. The highest BCUT2D eigenvalue weighted by atomic mass is 16.2. The number of nitrogens with one attached hydrogen (secondary N) is 1. The van der Waals surface area contributed by atoms with Gasteiger partial charge in [-0.2, -0.15) is 0 Å². The lowest BCUT2D eigenvalue weighted by atomic mass is 9.95. The summed E-state index contributed by atoms with van der Waals surface area (Å²) in [6, 6.07) is 10.5. The Kier molecular flexibility index (Phi) is 6.53. The molecule has 4 heterocycles. The number of rotatable bonds is 4. The molecule has 1 N–H and O–H groups in total. The third-order valence-corrected chi connectivity index (χ3v) is 6.97. The minimum atomic E-state index is 0.234. The Bertz CT molecular complexity index is 1380. The number of likely N-dealkylation sites (tertiary alicyclic amines) is 1. The van der Waals surface area contributed by atoms with Gasteiger partial charge in [0.1, 0.15) is 11.5 Å². The second-order valence-corrected chi connectivity index (χ2v) is 9.07. The number of carbonyl (C=O) groups excluding carboxylic acids is 1. The van der Waals surface area contributed by atoms with Gasteiger partial charge in [0.05, 0.1) is 23.3 Å².